The lowest BCUT2D eigenvalue weighted by molar-refractivity contribution is -0.384. The van der Waals surface area contributed by atoms with Gasteiger partial charge < -0.3 is 10.0 Å². The van der Waals surface area contributed by atoms with E-state index in [1.165, 1.54) is 23.1 Å². The van der Waals surface area contributed by atoms with E-state index in [1.54, 1.807) is 6.92 Å². The molecule has 0 bridgehead atoms. The van der Waals surface area contributed by atoms with Crippen molar-refractivity contribution in [2.75, 3.05) is 13.1 Å². The quantitative estimate of drug-likeness (QED) is 0.657. The second-order valence-corrected chi connectivity index (χ2v) is 5.87. The molecule has 0 saturated carbocycles. The highest BCUT2D eigenvalue weighted by Crippen LogP contribution is 2.29. The van der Waals surface area contributed by atoms with Gasteiger partial charge in [0.2, 0.25) is 0 Å². The average Bonchev–Trinajstić information content (AvgIpc) is 2.36. The summed E-state index contributed by atoms with van der Waals surface area (Å²) in [6, 6.07) is 4.00. The fourth-order valence-corrected chi connectivity index (χ4v) is 2.57. The Labute approximate surface area is 128 Å². The van der Waals surface area contributed by atoms with Gasteiger partial charge in [0.05, 0.1) is 16.4 Å². The van der Waals surface area contributed by atoms with Gasteiger partial charge in [-0.05, 0) is 22.0 Å². The molecule has 112 valence electrons. The summed E-state index contributed by atoms with van der Waals surface area (Å²) in [5, 5.41) is 19.7. The minimum absolute atomic E-state index is 0.0797. The second kappa shape index (κ2) is 5.80. The van der Waals surface area contributed by atoms with Gasteiger partial charge in [-0.25, -0.2) is 0 Å². The van der Waals surface area contributed by atoms with Gasteiger partial charge in [-0.3, -0.25) is 19.7 Å². The highest BCUT2D eigenvalue weighted by atomic mass is 79.9. The smallest absolute Gasteiger partial charge is 0.306 e. The molecular weight excluding hydrogens is 344 g/mol. The van der Waals surface area contributed by atoms with Crippen molar-refractivity contribution in [1.29, 1.82) is 0 Å². The Morgan fingerprint density at radius 3 is 2.62 bits per heavy atom. The highest BCUT2D eigenvalue weighted by molar-refractivity contribution is 9.10. The van der Waals surface area contributed by atoms with E-state index in [0.29, 0.717) is 17.6 Å². The van der Waals surface area contributed by atoms with Crippen LogP contribution in [0.25, 0.3) is 0 Å². The van der Waals surface area contributed by atoms with Crippen molar-refractivity contribution >= 4 is 33.5 Å². The zero-order valence-corrected chi connectivity index (χ0v) is 12.7. The van der Waals surface area contributed by atoms with E-state index in [9.17, 15) is 19.7 Å². The molecule has 8 heteroatoms. The Bertz CT molecular complexity index is 613. The minimum atomic E-state index is -0.886. The van der Waals surface area contributed by atoms with Crippen LogP contribution >= 0.6 is 15.9 Å². The maximum absolute atomic E-state index is 12.3. The first-order chi connectivity index (χ1) is 9.81. The van der Waals surface area contributed by atoms with Gasteiger partial charge in [0.15, 0.2) is 0 Å². The van der Waals surface area contributed by atoms with Crippen LogP contribution in [0.3, 0.4) is 0 Å². The van der Waals surface area contributed by atoms with E-state index in [-0.39, 0.29) is 23.1 Å². The van der Waals surface area contributed by atoms with Crippen molar-refractivity contribution in [3.05, 3.63) is 38.3 Å². The van der Waals surface area contributed by atoms with Crippen molar-refractivity contribution in [1.82, 2.24) is 4.90 Å². The van der Waals surface area contributed by atoms with E-state index >= 15 is 0 Å². The maximum atomic E-state index is 12.3. The summed E-state index contributed by atoms with van der Waals surface area (Å²) in [4.78, 5) is 34.8. The molecular formula is C13H13BrN2O5. The number of nitro benzene ring substituents is 1. The topological polar surface area (TPSA) is 101 Å². The van der Waals surface area contributed by atoms with E-state index in [1.807, 2.05) is 0 Å². The van der Waals surface area contributed by atoms with Gasteiger partial charge in [-0.15, -0.1) is 0 Å². The molecule has 1 atom stereocenters. The van der Waals surface area contributed by atoms with E-state index < -0.39 is 16.8 Å². The number of halogens is 1. The lowest BCUT2D eigenvalue weighted by Crippen LogP contribution is -2.53. The Morgan fingerprint density at radius 1 is 1.48 bits per heavy atom. The zero-order valence-electron chi connectivity index (χ0n) is 11.2. The number of carboxylic acids is 1. The van der Waals surface area contributed by atoms with Crippen molar-refractivity contribution < 1.29 is 19.6 Å². The molecule has 7 nitrogen and oxygen atoms in total. The number of hydrogen-bond acceptors (Lipinski definition) is 4. The number of amides is 1. The first-order valence-electron chi connectivity index (χ1n) is 6.27. The molecule has 21 heavy (non-hydrogen) atoms. The van der Waals surface area contributed by atoms with Gasteiger partial charge >= 0.3 is 5.97 Å². The van der Waals surface area contributed by atoms with E-state index in [0.717, 1.165) is 0 Å². The van der Waals surface area contributed by atoms with Crippen molar-refractivity contribution in [3.63, 3.8) is 0 Å². The fourth-order valence-electron chi connectivity index (χ4n) is 2.16. The SMILES string of the molecule is CC(C(=O)O)C1CN(C(=O)c2cc([N+](=O)[O-])ccc2Br)C1. The lowest BCUT2D eigenvalue weighted by Gasteiger charge is -2.41. The molecule has 0 aliphatic carbocycles. The van der Waals surface area contributed by atoms with Crippen LogP contribution in [0.2, 0.25) is 0 Å². The molecule has 2 rings (SSSR count). The molecule has 0 radical (unpaired) electrons. The molecule has 1 aliphatic rings. The summed E-state index contributed by atoms with van der Waals surface area (Å²) >= 11 is 3.20. The van der Waals surface area contributed by atoms with Crippen LogP contribution < -0.4 is 0 Å². The highest BCUT2D eigenvalue weighted by Gasteiger charge is 2.38. The van der Waals surface area contributed by atoms with E-state index in [4.69, 9.17) is 5.11 Å². The van der Waals surface area contributed by atoms with Crippen molar-refractivity contribution in [2.24, 2.45) is 11.8 Å². The number of likely N-dealkylation sites (tertiary alicyclic amines) is 1. The molecule has 1 fully saturated rings. The lowest BCUT2D eigenvalue weighted by atomic mass is 9.86. The molecule has 1 heterocycles. The number of nitro groups is 1. The monoisotopic (exact) mass is 356 g/mol. The van der Waals surface area contributed by atoms with Gasteiger partial charge in [0.1, 0.15) is 0 Å². The molecule has 1 N–H and O–H groups in total. The molecule has 0 aromatic heterocycles. The number of hydrogen-bond donors (Lipinski definition) is 1. The third kappa shape index (κ3) is 3.05. The summed E-state index contributed by atoms with van der Waals surface area (Å²) in [6.45, 7) is 2.31. The normalized spacial score (nSPS) is 16.2. The molecule has 1 aromatic rings. The Morgan fingerprint density at radius 2 is 2.10 bits per heavy atom. The summed E-state index contributed by atoms with van der Waals surface area (Å²) in [5.41, 5.74) is 0.0585. The van der Waals surface area contributed by atoms with Crippen LogP contribution in [0.4, 0.5) is 5.69 Å². The summed E-state index contributed by atoms with van der Waals surface area (Å²) in [5.74, 6) is -1.81. The van der Waals surface area contributed by atoms with Gasteiger partial charge in [-0.2, -0.15) is 0 Å². The molecule has 0 spiro atoms. The predicted molar refractivity (Wildman–Crippen MR) is 77.0 cm³/mol. The number of non-ortho nitro benzene ring substituents is 1. The number of carboxylic acid groups (broad SMARTS) is 1. The molecule has 1 aliphatic heterocycles. The summed E-state index contributed by atoms with van der Waals surface area (Å²) < 4.78 is 0.479. The number of carbonyl (C=O) groups is 2. The first-order valence-corrected chi connectivity index (χ1v) is 7.06. The predicted octanol–water partition coefficient (Wildman–Crippen LogP) is 2.15. The van der Waals surface area contributed by atoms with Crippen LogP contribution in [0.5, 0.6) is 0 Å². The maximum Gasteiger partial charge on any atom is 0.306 e. The fraction of sp³-hybridized carbons (Fsp3) is 0.385. The van der Waals surface area contributed by atoms with Crippen LogP contribution in [0.15, 0.2) is 22.7 Å². The standard InChI is InChI=1S/C13H13BrN2O5/c1-7(13(18)19)8-5-15(6-8)12(17)10-4-9(16(20)21)2-3-11(10)14/h2-4,7-8H,5-6H2,1H3,(H,18,19). The van der Waals surface area contributed by atoms with Crippen LogP contribution in [-0.2, 0) is 4.79 Å². The van der Waals surface area contributed by atoms with Crippen molar-refractivity contribution in [2.45, 2.75) is 6.92 Å². The Kier molecular flexibility index (Phi) is 4.26. The minimum Gasteiger partial charge on any atom is -0.481 e. The largest absolute Gasteiger partial charge is 0.481 e. The summed E-state index contributed by atoms with van der Waals surface area (Å²) in [6.07, 6.45) is 0. The second-order valence-electron chi connectivity index (χ2n) is 5.02. The zero-order chi connectivity index (χ0) is 15.7. The van der Waals surface area contributed by atoms with Gasteiger partial charge in [0.25, 0.3) is 11.6 Å². The van der Waals surface area contributed by atoms with Crippen molar-refractivity contribution in [3.8, 4) is 0 Å². The number of benzene rings is 1. The number of carbonyl (C=O) groups excluding carboxylic acids is 1. The molecule has 1 amide bonds. The van der Waals surface area contributed by atoms with Gasteiger partial charge in [0, 0.05) is 35.6 Å². The Hall–Kier alpha value is -1.96. The van der Waals surface area contributed by atoms with Crippen LogP contribution in [0.1, 0.15) is 17.3 Å². The number of rotatable bonds is 4. The first kappa shape index (κ1) is 15.4. The van der Waals surface area contributed by atoms with Crippen LogP contribution in [-0.4, -0.2) is 39.9 Å². The van der Waals surface area contributed by atoms with Gasteiger partial charge in [-0.1, -0.05) is 6.92 Å². The third-order valence-corrected chi connectivity index (χ3v) is 4.38. The number of nitrogens with zero attached hydrogens (tertiary/aromatic N) is 2. The molecule has 1 unspecified atom stereocenters. The van der Waals surface area contributed by atoms with Crippen LogP contribution in [0, 0.1) is 22.0 Å². The van der Waals surface area contributed by atoms with E-state index in [2.05, 4.69) is 15.9 Å². The molecule has 1 aromatic carbocycles. The summed E-state index contributed by atoms with van der Waals surface area (Å²) in [7, 11) is 0. The Balaban J connectivity index is 2.11. The average molecular weight is 357 g/mol. The number of aliphatic carboxylic acids is 1. The third-order valence-electron chi connectivity index (χ3n) is 3.68. The molecule has 1 saturated heterocycles.